The number of rotatable bonds is 9. The van der Waals surface area contributed by atoms with Gasteiger partial charge in [-0.1, -0.05) is 37.8 Å². The highest BCUT2D eigenvalue weighted by Gasteiger charge is 2.37. The van der Waals surface area contributed by atoms with Gasteiger partial charge in [-0.3, -0.25) is 9.48 Å². The van der Waals surface area contributed by atoms with Crippen LogP contribution < -0.4 is 5.32 Å². The van der Waals surface area contributed by atoms with Gasteiger partial charge in [-0.25, -0.2) is 8.42 Å². The van der Waals surface area contributed by atoms with Crippen molar-refractivity contribution in [2.75, 3.05) is 5.32 Å². The lowest BCUT2D eigenvalue weighted by Crippen LogP contribution is -2.27. The quantitative estimate of drug-likeness (QED) is 0.592. The first-order valence-electron chi connectivity index (χ1n) is 11.5. The monoisotopic (exact) mass is 459 g/mol. The van der Waals surface area contributed by atoms with Crippen molar-refractivity contribution in [1.29, 1.82) is 0 Å². The van der Waals surface area contributed by atoms with Gasteiger partial charge in [-0.05, 0) is 56.7 Å². The second-order valence-electron chi connectivity index (χ2n) is 9.95. The summed E-state index contributed by atoms with van der Waals surface area (Å²) in [5.41, 5.74) is -0.0685. The molecule has 1 heterocycles. The molecule has 32 heavy (non-hydrogen) atoms. The van der Waals surface area contributed by atoms with Gasteiger partial charge in [0, 0.05) is 12.3 Å². The molecule has 2 N–H and O–H groups in total. The number of sulfone groups is 1. The molecule has 174 valence electrons. The SMILES string of the molecule is CC(C)(O)Cn1ccc(NC(=O)C(CC2CCCC2)c2ccc(S(=O)(=O)C3CC3)cc2)n1. The summed E-state index contributed by atoms with van der Waals surface area (Å²) in [7, 11) is -3.25. The van der Waals surface area contributed by atoms with Crippen molar-refractivity contribution in [1.82, 2.24) is 9.78 Å². The summed E-state index contributed by atoms with van der Waals surface area (Å²) in [6.07, 6.45) is 8.57. The summed E-state index contributed by atoms with van der Waals surface area (Å²) in [4.78, 5) is 13.6. The molecule has 0 bridgehead atoms. The number of hydrogen-bond donors (Lipinski definition) is 2. The maximum atomic E-state index is 13.3. The number of carbonyl (C=O) groups is 1. The number of nitrogens with one attached hydrogen (secondary N) is 1. The number of benzene rings is 1. The van der Waals surface area contributed by atoms with Crippen LogP contribution in [0.1, 0.15) is 70.3 Å². The Balaban J connectivity index is 1.51. The minimum Gasteiger partial charge on any atom is -0.389 e. The van der Waals surface area contributed by atoms with Crippen molar-refractivity contribution in [2.24, 2.45) is 5.92 Å². The molecule has 0 aliphatic heterocycles. The first-order valence-corrected chi connectivity index (χ1v) is 13.1. The molecule has 1 amide bonds. The smallest absolute Gasteiger partial charge is 0.233 e. The van der Waals surface area contributed by atoms with Gasteiger partial charge in [0.2, 0.25) is 5.91 Å². The van der Waals surface area contributed by atoms with E-state index in [1.165, 1.54) is 12.8 Å². The number of anilines is 1. The fourth-order valence-corrected chi connectivity index (χ4v) is 6.22. The number of amides is 1. The van der Waals surface area contributed by atoms with Crippen LogP contribution in [0.25, 0.3) is 0 Å². The number of hydrogen-bond acceptors (Lipinski definition) is 5. The Morgan fingerprint density at radius 3 is 2.41 bits per heavy atom. The van der Waals surface area contributed by atoms with E-state index in [9.17, 15) is 18.3 Å². The molecule has 2 fully saturated rings. The lowest BCUT2D eigenvalue weighted by Gasteiger charge is -2.20. The third-order valence-corrected chi connectivity index (χ3v) is 8.65. The molecule has 0 radical (unpaired) electrons. The Morgan fingerprint density at radius 2 is 1.81 bits per heavy atom. The van der Waals surface area contributed by atoms with Gasteiger partial charge >= 0.3 is 0 Å². The lowest BCUT2D eigenvalue weighted by atomic mass is 9.87. The van der Waals surface area contributed by atoms with Gasteiger partial charge in [0.15, 0.2) is 15.7 Å². The highest BCUT2D eigenvalue weighted by atomic mass is 32.2. The van der Waals surface area contributed by atoms with E-state index in [-0.39, 0.29) is 17.1 Å². The highest BCUT2D eigenvalue weighted by Crippen LogP contribution is 2.37. The highest BCUT2D eigenvalue weighted by molar-refractivity contribution is 7.92. The van der Waals surface area contributed by atoms with E-state index in [4.69, 9.17) is 0 Å². The Bertz CT molecular complexity index is 1040. The lowest BCUT2D eigenvalue weighted by molar-refractivity contribution is -0.118. The largest absolute Gasteiger partial charge is 0.389 e. The summed E-state index contributed by atoms with van der Waals surface area (Å²) in [6, 6.07) is 8.61. The number of aromatic nitrogens is 2. The molecule has 2 aromatic rings. The Labute approximate surface area is 190 Å². The molecular formula is C24H33N3O4S. The molecule has 1 unspecified atom stereocenters. The average molecular weight is 460 g/mol. The number of carbonyl (C=O) groups excluding carboxylic acids is 1. The van der Waals surface area contributed by atoms with E-state index in [0.717, 1.165) is 37.7 Å². The van der Waals surface area contributed by atoms with E-state index >= 15 is 0 Å². The van der Waals surface area contributed by atoms with Crippen molar-refractivity contribution in [2.45, 2.75) is 87.0 Å². The molecule has 1 aromatic heterocycles. The Morgan fingerprint density at radius 1 is 1.16 bits per heavy atom. The fourth-order valence-electron chi connectivity index (χ4n) is 4.56. The van der Waals surface area contributed by atoms with E-state index in [0.29, 0.717) is 23.2 Å². The van der Waals surface area contributed by atoms with E-state index in [1.807, 2.05) is 0 Å². The zero-order chi connectivity index (χ0) is 22.9. The van der Waals surface area contributed by atoms with Crippen molar-refractivity contribution >= 4 is 21.6 Å². The van der Waals surface area contributed by atoms with Crippen LogP contribution in [0.4, 0.5) is 5.82 Å². The predicted molar refractivity (Wildman–Crippen MR) is 123 cm³/mol. The molecule has 7 nitrogen and oxygen atoms in total. The van der Waals surface area contributed by atoms with Gasteiger partial charge in [0.1, 0.15) is 0 Å². The third kappa shape index (κ3) is 5.59. The molecule has 0 spiro atoms. The minimum absolute atomic E-state index is 0.136. The topological polar surface area (TPSA) is 101 Å². The third-order valence-electron chi connectivity index (χ3n) is 6.38. The molecule has 4 rings (SSSR count). The van der Waals surface area contributed by atoms with Crippen LogP contribution in [-0.4, -0.2) is 40.1 Å². The molecular weight excluding hydrogens is 426 g/mol. The van der Waals surface area contributed by atoms with E-state index in [1.54, 1.807) is 55.1 Å². The Kier molecular flexibility index (Phi) is 6.45. The zero-order valence-corrected chi connectivity index (χ0v) is 19.6. The maximum Gasteiger partial charge on any atom is 0.233 e. The normalized spacial score (nSPS) is 18.6. The van der Waals surface area contributed by atoms with Crippen LogP contribution in [0.15, 0.2) is 41.4 Å². The first kappa shape index (κ1) is 23.0. The minimum atomic E-state index is -3.25. The van der Waals surface area contributed by atoms with Gasteiger partial charge < -0.3 is 10.4 Å². The molecule has 0 saturated heterocycles. The van der Waals surface area contributed by atoms with Crippen molar-refractivity contribution < 1.29 is 18.3 Å². The molecule has 8 heteroatoms. The second-order valence-corrected chi connectivity index (χ2v) is 12.2. The second kappa shape index (κ2) is 8.98. The van der Waals surface area contributed by atoms with Crippen LogP contribution in [0.5, 0.6) is 0 Å². The summed E-state index contributed by atoms with van der Waals surface area (Å²) in [5, 5.41) is 17.0. The van der Waals surface area contributed by atoms with Crippen molar-refractivity contribution in [3.63, 3.8) is 0 Å². The standard InChI is InChI=1S/C24H33N3O4S/c1-24(2,29)16-27-14-13-22(26-27)25-23(28)21(15-17-5-3-4-6-17)18-7-9-19(10-8-18)32(30,31)20-11-12-20/h7-10,13-14,17,20-21,29H,3-6,11-12,15-16H2,1-2H3,(H,25,26,28). The fraction of sp³-hybridized carbons (Fsp3) is 0.583. The predicted octanol–water partition coefficient (Wildman–Crippen LogP) is 3.89. The molecule has 1 atom stereocenters. The molecule has 2 aliphatic carbocycles. The number of aliphatic hydroxyl groups is 1. The Hall–Kier alpha value is -2.19. The van der Waals surface area contributed by atoms with Crippen LogP contribution >= 0.6 is 0 Å². The van der Waals surface area contributed by atoms with Crippen molar-refractivity contribution in [3.05, 3.63) is 42.1 Å². The van der Waals surface area contributed by atoms with Crippen molar-refractivity contribution in [3.8, 4) is 0 Å². The van der Waals surface area contributed by atoms with Crippen LogP contribution in [0.3, 0.4) is 0 Å². The zero-order valence-electron chi connectivity index (χ0n) is 18.8. The summed E-state index contributed by atoms with van der Waals surface area (Å²) in [5.74, 6) is 0.440. The van der Waals surface area contributed by atoms with E-state index < -0.39 is 15.4 Å². The van der Waals surface area contributed by atoms with Gasteiger partial charge in [0.05, 0.1) is 28.2 Å². The molecule has 1 aromatic carbocycles. The summed E-state index contributed by atoms with van der Waals surface area (Å²) in [6.45, 7) is 3.74. The molecule has 2 aliphatic rings. The van der Waals surface area contributed by atoms with Crippen LogP contribution in [0.2, 0.25) is 0 Å². The van der Waals surface area contributed by atoms with Crippen LogP contribution in [-0.2, 0) is 21.2 Å². The molecule has 2 saturated carbocycles. The van der Waals surface area contributed by atoms with Gasteiger partial charge in [-0.15, -0.1) is 0 Å². The average Bonchev–Trinajstić information content (AvgIpc) is 3.32. The summed E-state index contributed by atoms with van der Waals surface area (Å²) < 4.78 is 26.7. The van der Waals surface area contributed by atoms with Gasteiger partial charge in [-0.2, -0.15) is 5.10 Å². The summed E-state index contributed by atoms with van der Waals surface area (Å²) >= 11 is 0. The van der Waals surface area contributed by atoms with E-state index in [2.05, 4.69) is 10.4 Å². The maximum absolute atomic E-state index is 13.3. The van der Waals surface area contributed by atoms with Crippen LogP contribution in [0, 0.1) is 5.92 Å². The van der Waals surface area contributed by atoms with Gasteiger partial charge in [0.25, 0.3) is 0 Å². The number of nitrogens with zero attached hydrogens (tertiary/aromatic N) is 2. The first-order chi connectivity index (χ1) is 15.1.